The van der Waals surface area contributed by atoms with Crippen LogP contribution in [0, 0.1) is 6.92 Å². The standard InChI is InChI=1S/C23H28NSi/c1-18-11-9-10-14-21(18)22-16-20(15-19-12-7-6-8-13-19)23(17-24(22)2)25(3,4)5/h6-14,16-17H,15H2,1-5H3/q+1. The minimum atomic E-state index is -1.42. The summed E-state index contributed by atoms with van der Waals surface area (Å²) in [5.41, 5.74) is 6.80. The highest BCUT2D eigenvalue weighted by Gasteiger charge is 2.26. The van der Waals surface area contributed by atoms with E-state index in [9.17, 15) is 0 Å². The fraction of sp³-hybridized carbons (Fsp3) is 0.261. The SMILES string of the molecule is Cc1ccccc1-c1cc(Cc2ccccc2)c([Si](C)(C)C)c[n+]1C. The van der Waals surface area contributed by atoms with E-state index >= 15 is 0 Å². The summed E-state index contributed by atoms with van der Waals surface area (Å²) in [5.74, 6) is 0. The minimum absolute atomic E-state index is 1.00. The Hall–Kier alpha value is -2.19. The van der Waals surface area contributed by atoms with Crippen LogP contribution in [0.4, 0.5) is 0 Å². The zero-order valence-electron chi connectivity index (χ0n) is 16.0. The van der Waals surface area contributed by atoms with Gasteiger partial charge in [-0.25, -0.2) is 4.57 Å². The topological polar surface area (TPSA) is 3.88 Å². The summed E-state index contributed by atoms with van der Waals surface area (Å²) in [4.78, 5) is 0. The second-order valence-electron chi connectivity index (χ2n) is 7.94. The molecule has 25 heavy (non-hydrogen) atoms. The van der Waals surface area contributed by atoms with E-state index in [4.69, 9.17) is 0 Å². The van der Waals surface area contributed by atoms with Crippen LogP contribution in [-0.2, 0) is 13.5 Å². The lowest BCUT2D eigenvalue weighted by Crippen LogP contribution is -2.47. The summed E-state index contributed by atoms with van der Waals surface area (Å²) >= 11 is 0. The second kappa shape index (κ2) is 6.97. The molecule has 0 spiro atoms. The van der Waals surface area contributed by atoms with Crippen LogP contribution in [0.2, 0.25) is 19.6 Å². The van der Waals surface area contributed by atoms with Crippen molar-refractivity contribution in [2.45, 2.75) is 33.0 Å². The summed E-state index contributed by atoms with van der Waals surface area (Å²) in [6.45, 7) is 9.50. The quantitative estimate of drug-likeness (QED) is 0.479. The first-order valence-electron chi connectivity index (χ1n) is 8.99. The summed E-state index contributed by atoms with van der Waals surface area (Å²) < 4.78 is 2.31. The predicted octanol–water partition coefficient (Wildman–Crippen LogP) is 4.62. The molecule has 0 radical (unpaired) electrons. The molecule has 0 N–H and O–H groups in total. The van der Waals surface area contributed by atoms with Gasteiger partial charge in [0, 0.05) is 16.8 Å². The number of hydrogen-bond acceptors (Lipinski definition) is 0. The van der Waals surface area contributed by atoms with Crippen LogP contribution < -0.4 is 9.75 Å². The van der Waals surface area contributed by atoms with Gasteiger partial charge in [-0.05, 0) is 36.1 Å². The van der Waals surface area contributed by atoms with Gasteiger partial charge in [0.2, 0.25) is 5.69 Å². The van der Waals surface area contributed by atoms with Gasteiger partial charge >= 0.3 is 0 Å². The van der Waals surface area contributed by atoms with Gasteiger partial charge in [0.05, 0.1) is 8.07 Å². The molecule has 0 saturated carbocycles. The zero-order valence-corrected chi connectivity index (χ0v) is 17.0. The third-order valence-electron chi connectivity index (χ3n) is 4.83. The number of hydrogen-bond donors (Lipinski definition) is 0. The monoisotopic (exact) mass is 346 g/mol. The highest BCUT2D eigenvalue weighted by molar-refractivity contribution is 6.89. The molecule has 1 nitrogen and oxygen atoms in total. The van der Waals surface area contributed by atoms with Crippen LogP contribution in [0.3, 0.4) is 0 Å². The molecule has 1 aromatic heterocycles. The second-order valence-corrected chi connectivity index (χ2v) is 13.0. The third kappa shape index (κ3) is 3.90. The van der Waals surface area contributed by atoms with Crippen molar-refractivity contribution < 1.29 is 4.57 Å². The lowest BCUT2D eigenvalue weighted by molar-refractivity contribution is -0.659. The van der Waals surface area contributed by atoms with Crippen LogP contribution in [0.1, 0.15) is 16.7 Å². The van der Waals surface area contributed by atoms with Gasteiger partial charge in [-0.2, -0.15) is 0 Å². The Morgan fingerprint density at radius 2 is 1.52 bits per heavy atom. The first kappa shape index (κ1) is 17.6. The Morgan fingerprint density at radius 3 is 2.16 bits per heavy atom. The summed E-state index contributed by atoms with van der Waals surface area (Å²) in [6, 6.07) is 21.9. The molecule has 3 rings (SSSR count). The van der Waals surface area contributed by atoms with Gasteiger partial charge in [-0.1, -0.05) is 68.2 Å². The fourth-order valence-electron chi connectivity index (χ4n) is 3.46. The highest BCUT2D eigenvalue weighted by atomic mass is 28.3. The van der Waals surface area contributed by atoms with E-state index < -0.39 is 8.07 Å². The van der Waals surface area contributed by atoms with Gasteiger partial charge in [-0.15, -0.1) is 0 Å². The Bertz CT molecular complexity index is 876. The van der Waals surface area contributed by atoms with Crippen LogP contribution in [0.25, 0.3) is 11.3 Å². The molecule has 0 atom stereocenters. The maximum Gasteiger partial charge on any atom is 0.212 e. The first-order chi connectivity index (χ1) is 11.9. The average molecular weight is 347 g/mol. The molecule has 0 saturated heterocycles. The fourth-order valence-corrected chi connectivity index (χ4v) is 5.16. The van der Waals surface area contributed by atoms with E-state index in [0.29, 0.717) is 0 Å². The normalized spacial score (nSPS) is 11.6. The molecule has 2 aromatic carbocycles. The van der Waals surface area contributed by atoms with Crippen LogP contribution >= 0.6 is 0 Å². The van der Waals surface area contributed by atoms with Crippen molar-refractivity contribution in [3.8, 4) is 11.3 Å². The molecule has 0 aliphatic heterocycles. The zero-order chi connectivity index (χ0) is 18.0. The number of pyridine rings is 1. The lowest BCUT2D eigenvalue weighted by Gasteiger charge is -2.20. The number of aryl methyl sites for hydroxylation is 2. The van der Waals surface area contributed by atoms with Crippen molar-refractivity contribution >= 4 is 13.3 Å². The molecule has 128 valence electrons. The minimum Gasteiger partial charge on any atom is -0.201 e. The average Bonchev–Trinajstić information content (AvgIpc) is 2.57. The van der Waals surface area contributed by atoms with E-state index in [-0.39, 0.29) is 0 Å². The number of rotatable bonds is 4. The Kier molecular flexibility index (Phi) is 4.91. The Balaban J connectivity index is 2.17. The van der Waals surface area contributed by atoms with Crippen molar-refractivity contribution in [1.29, 1.82) is 0 Å². The molecule has 0 unspecified atom stereocenters. The molecule has 2 heteroatoms. The number of aromatic nitrogens is 1. The van der Waals surface area contributed by atoms with E-state index in [1.807, 2.05) is 0 Å². The molecule has 1 heterocycles. The molecule has 0 amide bonds. The first-order valence-corrected chi connectivity index (χ1v) is 12.5. The van der Waals surface area contributed by atoms with Gasteiger partial charge in [0.1, 0.15) is 7.05 Å². The summed E-state index contributed by atoms with van der Waals surface area (Å²) in [6.07, 6.45) is 3.38. The molecule has 3 aromatic rings. The molecule has 0 bridgehead atoms. The van der Waals surface area contributed by atoms with Crippen LogP contribution in [0.5, 0.6) is 0 Å². The number of nitrogens with zero attached hydrogens (tertiary/aromatic N) is 1. The summed E-state index contributed by atoms with van der Waals surface area (Å²) in [7, 11) is 0.757. The van der Waals surface area contributed by atoms with E-state index in [1.165, 1.54) is 27.9 Å². The van der Waals surface area contributed by atoms with Gasteiger partial charge in [0.15, 0.2) is 6.20 Å². The molecule has 0 aliphatic rings. The maximum absolute atomic E-state index is 2.43. The van der Waals surface area contributed by atoms with Crippen molar-refractivity contribution in [3.05, 3.63) is 83.6 Å². The largest absolute Gasteiger partial charge is 0.212 e. The smallest absolute Gasteiger partial charge is 0.201 e. The van der Waals surface area contributed by atoms with Gasteiger partial charge in [0.25, 0.3) is 0 Å². The Labute approximate surface area is 153 Å². The lowest BCUT2D eigenvalue weighted by atomic mass is 10.0. The predicted molar refractivity (Wildman–Crippen MR) is 110 cm³/mol. The van der Waals surface area contributed by atoms with Gasteiger partial charge < -0.3 is 0 Å². The molecule has 0 fully saturated rings. The van der Waals surface area contributed by atoms with Crippen molar-refractivity contribution in [1.82, 2.24) is 0 Å². The van der Waals surface area contributed by atoms with E-state index in [1.54, 1.807) is 5.19 Å². The van der Waals surface area contributed by atoms with Crippen molar-refractivity contribution in [2.75, 3.05) is 0 Å². The Morgan fingerprint density at radius 1 is 0.880 bits per heavy atom. The molecular formula is C23H28NSi+. The highest BCUT2D eigenvalue weighted by Crippen LogP contribution is 2.22. The maximum atomic E-state index is 2.43. The van der Waals surface area contributed by atoms with Crippen molar-refractivity contribution in [2.24, 2.45) is 7.05 Å². The van der Waals surface area contributed by atoms with E-state index in [0.717, 1.165) is 6.42 Å². The van der Waals surface area contributed by atoms with Crippen LogP contribution in [-0.4, -0.2) is 8.07 Å². The molecular weight excluding hydrogens is 318 g/mol. The third-order valence-corrected chi connectivity index (χ3v) is 6.89. The van der Waals surface area contributed by atoms with Crippen molar-refractivity contribution in [3.63, 3.8) is 0 Å². The van der Waals surface area contributed by atoms with E-state index in [2.05, 4.69) is 105 Å². The molecule has 0 aliphatic carbocycles. The number of benzene rings is 2. The van der Waals surface area contributed by atoms with Gasteiger partial charge in [-0.3, -0.25) is 0 Å². The van der Waals surface area contributed by atoms with Crippen LogP contribution in [0.15, 0.2) is 66.9 Å². The summed E-state index contributed by atoms with van der Waals surface area (Å²) in [5, 5.41) is 1.55.